The Hall–Kier alpha value is -1.79. The SMILES string of the molecule is CCc1csc(CCNC(=O)[C@H](c2cccnc2)N2CCCC2)n1. The monoisotopic (exact) mass is 344 g/mol. The van der Waals surface area contributed by atoms with Crippen molar-refractivity contribution in [1.29, 1.82) is 0 Å². The lowest BCUT2D eigenvalue weighted by atomic mass is 10.1. The predicted octanol–water partition coefficient (Wildman–Crippen LogP) is 2.60. The molecule has 1 amide bonds. The second kappa shape index (κ2) is 8.35. The Bertz CT molecular complexity index is 652. The first-order valence-corrected chi connectivity index (χ1v) is 9.51. The number of rotatable bonds is 7. The van der Waals surface area contributed by atoms with Crippen LogP contribution in [-0.4, -0.2) is 40.4 Å². The van der Waals surface area contributed by atoms with Gasteiger partial charge in [0.15, 0.2) is 0 Å². The van der Waals surface area contributed by atoms with E-state index in [0.717, 1.165) is 55.0 Å². The van der Waals surface area contributed by atoms with E-state index < -0.39 is 0 Å². The summed E-state index contributed by atoms with van der Waals surface area (Å²) >= 11 is 1.67. The lowest BCUT2D eigenvalue weighted by Gasteiger charge is -2.26. The second-order valence-corrected chi connectivity index (χ2v) is 7.00. The van der Waals surface area contributed by atoms with Crippen molar-refractivity contribution in [2.24, 2.45) is 0 Å². The number of thiazole rings is 1. The van der Waals surface area contributed by atoms with Gasteiger partial charge in [0, 0.05) is 30.7 Å². The minimum absolute atomic E-state index is 0.0668. The molecule has 1 aliphatic heterocycles. The normalized spacial score (nSPS) is 16.2. The van der Waals surface area contributed by atoms with Crippen LogP contribution in [0, 0.1) is 0 Å². The smallest absolute Gasteiger partial charge is 0.242 e. The van der Waals surface area contributed by atoms with E-state index in [1.54, 1.807) is 23.7 Å². The summed E-state index contributed by atoms with van der Waals surface area (Å²) in [5.74, 6) is 0.0668. The van der Waals surface area contributed by atoms with Gasteiger partial charge >= 0.3 is 0 Å². The molecule has 0 bridgehead atoms. The lowest BCUT2D eigenvalue weighted by Crippen LogP contribution is -2.40. The molecule has 128 valence electrons. The zero-order chi connectivity index (χ0) is 16.8. The lowest BCUT2D eigenvalue weighted by molar-refractivity contribution is -0.126. The van der Waals surface area contributed by atoms with Crippen molar-refractivity contribution < 1.29 is 4.79 Å². The van der Waals surface area contributed by atoms with Crippen molar-refractivity contribution in [1.82, 2.24) is 20.2 Å². The Morgan fingerprint density at radius 1 is 1.42 bits per heavy atom. The fourth-order valence-electron chi connectivity index (χ4n) is 3.08. The standard InChI is InChI=1S/C18H24N4OS/c1-2-15-13-24-16(21-15)7-9-20-18(23)17(22-10-3-4-11-22)14-6-5-8-19-12-14/h5-6,8,12-13,17H,2-4,7,9-11H2,1H3,(H,20,23)/t17-/m0/s1. The first kappa shape index (κ1) is 17.0. The average Bonchev–Trinajstić information content (AvgIpc) is 3.28. The highest BCUT2D eigenvalue weighted by Gasteiger charge is 2.29. The number of pyridine rings is 1. The average molecular weight is 344 g/mol. The number of hydrogen-bond donors (Lipinski definition) is 1. The zero-order valence-corrected chi connectivity index (χ0v) is 14.9. The van der Waals surface area contributed by atoms with Gasteiger partial charge in [-0.2, -0.15) is 0 Å². The van der Waals surface area contributed by atoms with Crippen LogP contribution >= 0.6 is 11.3 Å². The summed E-state index contributed by atoms with van der Waals surface area (Å²) in [6.45, 7) is 4.67. The van der Waals surface area contributed by atoms with Gasteiger partial charge in [-0.05, 0) is 44.0 Å². The number of carbonyl (C=O) groups is 1. The largest absolute Gasteiger partial charge is 0.354 e. The zero-order valence-electron chi connectivity index (χ0n) is 14.1. The molecule has 3 heterocycles. The molecule has 1 aliphatic rings. The van der Waals surface area contributed by atoms with E-state index in [1.807, 2.05) is 12.1 Å². The molecule has 1 saturated heterocycles. The molecule has 1 atom stereocenters. The summed E-state index contributed by atoms with van der Waals surface area (Å²) in [6, 6.07) is 3.65. The molecule has 0 unspecified atom stereocenters. The molecular formula is C18H24N4OS. The molecule has 0 saturated carbocycles. The van der Waals surface area contributed by atoms with Crippen LogP contribution in [0.25, 0.3) is 0 Å². The summed E-state index contributed by atoms with van der Waals surface area (Å²) in [6.07, 6.45) is 7.61. The molecule has 5 nitrogen and oxygen atoms in total. The highest BCUT2D eigenvalue weighted by molar-refractivity contribution is 7.09. The van der Waals surface area contributed by atoms with E-state index in [9.17, 15) is 4.79 Å². The maximum Gasteiger partial charge on any atom is 0.242 e. The Morgan fingerprint density at radius 3 is 2.92 bits per heavy atom. The fraction of sp³-hybridized carbons (Fsp3) is 0.500. The molecule has 6 heteroatoms. The third-order valence-corrected chi connectivity index (χ3v) is 5.31. The van der Waals surface area contributed by atoms with Crippen molar-refractivity contribution in [3.63, 3.8) is 0 Å². The van der Waals surface area contributed by atoms with Crippen LogP contribution in [0.15, 0.2) is 29.9 Å². The van der Waals surface area contributed by atoms with E-state index in [4.69, 9.17) is 0 Å². The van der Waals surface area contributed by atoms with Crippen LogP contribution in [0.4, 0.5) is 0 Å². The third kappa shape index (κ3) is 4.19. The van der Waals surface area contributed by atoms with Crippen molar-refractivity contribution in [2.45, 2.75) is 38.6 Å². The van der Waals surface area contributed by atoms with E-state index >= 15 is 0 Å². The number of hydrogen-bond acceptors (Lipinski definition) is 5. The maximum atomic E-state index is 12.8. The Morgan fingerprint density at radius 2 is 2.25 bits per heavy atom. The third-order valence-electron chi connectivity index (χ3n) is 4.35. The predicted molar refractivity (Wildman–Crippen MR) is 96.0 cm³/mol. The van der Waals surface area contributed by atoms with Gasteiger partial charge in [-0.1, -0.05) is 13.0 Å². The van der Waals surface area contributed by atoms with Crippen molar-refractivity contribution >= 4 is 17.2 Å². The van der Waals surface area contributed by atoms with Crippen molar-refractivity contribution in [2.75, 3.05) is 19.6 Å². The number of amides is 1. The van der Waals surface area contributed by atoms with Gasteiger partial charge in [-0.25, -0.2) is 4.98 Å². The van der Waals surface area contributed by atoms with Crippen molar-refractivity contribution in [3.8, 4) is 0 Å². The Labute approximate surface area is 147 Å². The van der Waals surface area contributed by atoms with Gasteiger partial charge in [0.05, 0.1) is 10.7 Å². The van der Waals surface area contributed by atoms with Crippen LogP contribution in [0.2, 0.25) is 0 Å². The Balaban J connectivity index is 1.61. The van der Waals surface area contributed by atoms with Crippen LogP contribution in [0.1, 0.15) is 42.1 Å². The number of likely N-dealkylation sites (tertiary alicyclic amines) is 1. The fourth-order valence-corrected chi connectivity index (χ4v) is 3.96. The van der Waals surface area contributed by atoms with Gasteiger partial charge in [0.2, 0.25) is 5.91 Å². The summed E-state index contributed by atoms with van der Waals surface area (Å²) in [4.78, 5) is 23.8. The topological polar surface area (TPSA) is 58.1 Å². The number of aryl methyl sites for hydroxylation is 1. The molecule has 0 radical (unpaired) electrons. The minimum Gasteiger partial charge on any atom is -0.354 e. The highest BCUT2D eigenvalue weighted by Crippen LogP contribution is 2.24. The summed E-state index contributed by atoms with van der Waals surface area (Å²) in [5, 5.41) is 6.28. The molecule has 1 fully saturated rings. The van der Waals surface area contributed by atoms with Gasteiger partial charge in [-0.3, -0.25) is 14.7 Å². The molecule has 3 rings (SSSR count). The number of nitrogens with one attached hydrogen (secondary N) is 1. The van der Waals surface area contributed by atoms with Crippen molar-refractivity contribution in [3.05, 3.63) is 46.2 Å². The number of aromatic nitrogens is 2. The van der Waals surface area contributed by atoms with Gasteiger partial charge in [-0.15, -0.1) is 11.3 Å². The molecule has 0 aliphatic carbocycles. The minimum atomic E-state index is -0.233. The summed E-state index contributed by atoms with van der Waals surface area (Å²) < 4.78 is 0. The van der Waals surface area contributed by atoms with Gasteiger partial charge in [0.1, 0.15) is 6.04 Å². The molecular weight excluding hydrogens is 320 g/mol. The molecule has 24 heavy (non-hydrogen) atoms. The van der Waals surface area contributed by atoms with E-state index in [1.165, 1.54) is 0 Å². The number of nitrogens with zero attached hydrogens (tertiary/aromatic N) is 3. The van der Waals surface area contributed by atoms with Gasteiger partial charge < -0.3 is 5.32 Å². The molecule has 0 aromatic carbocycles. The number of carbonyl (C=O) groups excluding carboxylic acids is 1. The first-order valence-electron chi connectivity index (χ1n) is 8.63. The van der Waals surface area contributed by atoms with Crippen LogP contribution in [0.5, 0.6) is 0 Å². The van der Waals surface area contributed by atoms with Crippen LogP contribution in [-0.2, 0) is 17.6 Å². The van der Waals surface area contributed by atoms with E-state index in [0.29, 0.717) is 6.54 Å². The molecule has 2 aromatic heterocycles. The maximum absolute atomic E-state index is 12.8. The summed E-state index contributed by atoms with van der Waals surface area (Å²) in [5.41, 5.74) is 2.10. The molecule has 1 N–H and O–H groups in total. The van der Waals surface area contributed by atoms with Crippen LogP contribution in [0.3, 0.4) is 0 Å². The first-order chi connectivity index (χ1) is 11.8. The molecule has 2 aromatic rings. The second-order valence-electron chi connectivity index (χ2n) is 6.06. The Kier molecular flexibility index (Phi) is 5.93. The van der Waals surface area contributed by atoms with E-state index in [2.05, 4.69) is 32.5 Å². The molecule has 0 spiro atoms. The summed E-state index contributed by atoms with van der Waals surface area (Å²) in [7, 11) is 0. The van der Waals surface area contributed by atoms with E-state index in [-0.39, 0.29) is 11.9 Å². The van der Waals surface area contributed by atoms with Gasteiger partial charge in [0.25, 0.3) is 0 Å². The van der Waals surface area contributed by atoms with Crippen LogP contribution < -0.4 is 5.32 Å². The quantitative estimate of drug-likeness (QED) is 0.839. The highest BCUT2D eigenvalue weighted by atomic mass is 32.1.